The van der Waals surface area contributed by atoms with Crippen molar-refractivity contribution in [3.63, 3.8) is 0 Å². The van der Waals surface area contributed by atoms with Crippen LogP contribution in [0.1, 0.15) is 27.7 Å². The Kier molecular flexibility index (Phi) is 42.3. The van der Waals surface area contributed by atoms with Crippen LogP contribution >= 0.6 is 0 Å². The largest absolute Gasteiger partial charge is 0.386 e. The molecule has 0 radical (unpaired) electrons. The zero-order valence-electron chi connectivity index (χ0n) is 12.4. The summed E-state index contributed by atoms with van der Waals surface area (Å²) in [6.45, 7) is 5.64. The van der Waals surface area contributed by atoms with Crippen LogP contribution in [0.4, 0.5) is 0 Å². The second kappa shape index (κ2) is 27.5. The van der Waals surface area contributed by atoms with Gasteiger partial charge in [-0.1, -0.05) is 0 Å². The summed E-state index contributed by atoms with van der Waals surface area (Å²) in [7, 11) is 0. The van der Waals surface area contributed by atoms with Gasteiger partial charge in [0, 0.05) is 21.1 Å². The van der Waals surface area contributed by atoms with Gasteiger partial charge >= 0.3 is 0 Å². The number of aliphatic hydroxyl groups excluding tert-OH is 4. The van der Waals surface area contributed by atoms with E-state index in [0.717, 1.165) is 0 Å². The monoisotopic (exact) mass is 394 g/mol. The van der Waals surface area contributed by atoms with E-state index in [1.54, 1.807) is 0 Å². The number of aldehydes is 4. The van der Waals surface area contributed by atoms with Gasteiger partial charge in [0.1, 0.15) is 49.6 Å². The van der Waals surface area contributed by atoms with Crippen molar-refractivity contribution in [2.24, 2.45) is 0 Å². The molecule has 0 amide bonds. The van der Waals surface area contributed by atoms with Crippen molar-refractivity contribution in [2.45, 2.75) is 52.1 Å². The number of carbonyl (C=O) groups excluding carboxylic acids is 4. The standard InChI is InChI=1S/4C3H6O2.Mo/c4*1-3(5)2-4;/h4*2-3,5H,1H3;. The van der Waals surface area contributed by atoms with Crippen LogP contribution < -0.4 is 0 Å². The molecule has 0 saturated carbocycles. The number of carbonyl (C=O) groups is 4. The average molecular weight is 392 g/mol. The molecule has 0 fully saturated rings. The van der Waals surface area contributed by atoms with E-state index in [2.05, 4.69) is 0 Å². The van der Waals surface area contributed by atoms with Crippen LogP contribution in [0.25, 0.3) is 0 Å². The van der Waals surface area contributed by atoms with Crippen molar-refractivity contribution in [3.8, 4) is 0 Å². The summed E-state index contributed by atoms with van der Waals surface area (Å²) >= 11 is 0. The molecule has 126 valence electrons. The Morgan fingerprint density at radius 2 is 0.571 bits per heavy atom. The first-order valence-electron chi connectivity index (χ1n) is 5.62. The molecule has 0 aromatic rings. The molecule has 0 aromatic heterocycles. The molecule has 0 saturated heterocycles. The number of hydrogen-bond donors (Lipinski definition) is 4. The Hall–Kier alpha value is -0.792. The predicted octanol–water partition coefficient (Wildman–Crippen LogP) is -1.74. The SMILES string of the molecule is CC(O)C=O.CC(O)C=O.CC(O)C=O.CC(O)C=O.[Mo]. The molecule has 0 heterocycles. The first kappa shape index (κ1) is 32.2. The Morgan fingerprint density at radius 3 is 0.571 bits per heavy atom. The van der Waals surface area contributed by atoms with E-state index in [1.165, 1.54) is 27.7 Å². The summed E-state index contributed by atoms with van der Waals surface area (Å²) in [5.41, 5.74) is 0. The van der Waals surface area contributed by atoms with E-state index in [-0.39, 0.29) is 21.1 Å². The van der Waals surface area contributed by atoms with Crippen LogP contribution in [0.15, 0.2) is 0 Å². The number of hydrogen-bond acceptors (Lipinski definition) is 8. The van der Waals surface area contributed by atoms with E-state index in [0.29, 0.717) is 25.1 Å². The van der Waals surface area contributed by atoms with Gasteiger partial charge in [0.25, 0.3) is 0 Å². The van der Waals surface area contributed by atoms with Crippen LogP contribution in [0, 0.1) is 0 Å². The third kappa shape index (κ3) is 109. The molecule has 0 aliphatic rings. The van der Waals surface area contributed by atoms with Gasteiger partial charge in [-0.15, -0.1) is 0 Å². The summed E-state index contributed by atoms with van der Waals surface area (Å²) in [4.78, 5) is 37.0. The molecule has 0 spiro atoms. The molecule has 0 aliphatic heterocycles. The summed E-state index contributed by atoms with van der Waals surface area (Å²) in [5.74, 6) is 0. The van der Waals surface area contributed by atoms with Gasteiger partial charge in [0.05, 0.1) is 0 Å². The molecular formula is C12H24MoO8. The minimum absolute atomic E-state index is 0. The Labute approximate surface area is 138 Å². The van der Waals surface area contributed by atoms with Crippen molar-refractivity contribution in [3.05, 3.63) is 0 Å². The van der Waals surface area contributed by atoms with E-state index in [1.807, 2.05) is 0 Å². The maximum absolute atomic E-state index is 9.25. The van der Waals surface area contributed by atoms with Gasteiger partial charge in [-0.25, -0.2) is 0 Å². The smallest absolute Gasteiger partial charge is 0.148 e. The van der Waals surface area contributed by atoms with Crippen LogP contribution in [0.5, 0.6) is 0 Å². The summed E-state index contributed by atoms with van der Waals surface area (Å²) in [5, 5.41) is 32.0. The van der Waals surface area contributed by atoms with Crippen molar-refractivity contribution >= 4 is 25.1 Å². The summed E-state index contributed by atoms with van der Waals surface area (Å²) < 4.78 is 0. The molecule has 0 rings (SSSR count). The van der Waals surface area contributed by atoms with Gasteiger partial charge < -0.3 is 39.6 Å². The molecule has 0 aliphatic carbocycles. The van der Waals surface area contributed by atoms with E-state index < -0.39 is 24.4 Å². The molecule has 0 aromatic carbocycles. The van der Waals surface area contributed by atoms with Crippen LogP contribution in [-0.2, 0) is 40.2 Å². The molecule has 21 heavy (non-hydrogen) atoms. The van der Waals surface area contributed by atoms with E-state index in [4.69, 9.17) is 20.4 Å². The van der Waals surface area contributed by atoms with E-state index in [9.17, 15) is 19.2 Å². The fourth-order valence-corrected chi connectivity index (χ4v) is 0. The fraction of sp³-hybridized carbons (Fsp3) is 0.667. The maximum Gasteiger partial charge on any atom is 0.148 e. The van der Waals surface area contributed by atoms with Crippen LogP contribution in [0.3, 0.4) is 0 Å². The first-order chi connectivity index (χ1) is 9.08. The number of aliphatic hydroxyl groups is 4. The summed E-state index contributed by atoms with van der Waals surface area (Å²) in [6, 6.07) is 0. The van der Waals surface area contributed by atoms with Gasteiger partial charge in [-0.05, 0) is 27.7 Å². The minimum Gasteiger partial charge on any atom is -0.386 e. The van der Waals surface area contributed by atoms with Crippen molar-refractivity contribution in [2.75, 3.05) is 0 Å². The second-order valence-corrected chi connectivity index (χ2v) is 3.51. The number of rotatable bonds is 4. The first-order valence-corrected chi connectivity index (χ1v) is 5.62. The molecular weight excluding hydrogens is 368 g/mol. The van der Waals surface area contributed by atoms with E-state index >= 15 is 0 Å². The fourth-order valence-electron chi connectivity index (χ4n) is 0. The Bertz CT molecular complexity index is 181. The molecule has 4 unspecified atom stereocenters. The van der Waals surface area contributed by atoms with Crippen LogP contribution in [-0.4, -0.2) is 70.0 Å². The maximum atomic E-state index is 9.25. The van der Waals surface area contributed by atoms with Crippen molar-refractivity contribution in [1.82, 2.24) is 0 Å². The molecule has 4 N–H and O–H groups in total. The normalized spacial score (nSPS) is 13.3. The van der Waals surface area contributed by atoms with Crippen molar-refractivity contribution < 1.29 is 60.7 Å². The molecule has 0 bridgehead atoms. The average Bonchev–Trinajstić information content (AvgIpc) is 2.40. The molecule has 9 heteroatoms. The van der Waals surface area contributed by atoms with Gasteiger partial charge in [0.2, 0.25) is 0 Å². The van der Waals surface area contributed by atoms with Crippen LogP contribution in [0.2, 0.25) is 0 Å². The summed E-state index contributed by atoms with van der Waals surface area (Å²) in [6.07, 6.45) is -1.30. The topological polar surface area (TPSA) is 149 Å². The van der Waals surface area contributed by atoms with Crippen molar-refractivity contribution in [1.29, 1.82) is 0 Å². The third-order valence-corrected chi connectivity index (χ3v) is 0.788. The van der Waals surface area contributed by atoms with Gasteiger partial charge in [-0.3, -0.25) is 0 Å². The zero-order valence-corrected chi connectivity index (χ0v) is 14.5. The van der Waals surface area contributed by atoms with Gasteiger partial charge in [-0.2, -0.15) is 0 Å². The predicted molar refractivity (Wildman–Crippen MR) is 71.0 cm³/mol. The third-order valence-electron chi connectivity index (χ3n) is 0.788. The van der Waals surface area contributed by atoms with Gasteiger partial charge in [0.15, 0.2) is 0 Å². The minimum atomic E-state index is -0.796. The Balaban J connectivity index is -0.0000000533. The quantitative estimate of drug-likeness (QED) is 0.326. The molecule has 4 atom stereocenters. The Morgan fingerprint density at radius 1 is 0.524 bits per heavy atom. The molecule has 8 nitrogen and oxygen atoms in total. The second-order valence-electron chi connectivity index (χ2n) is 3.51. The zero-order chi connectivity index (χ0) is 17.1.